The molecule has 0 atom stereocenters. The fourth-order valence-corrected chi connectivity index (χ4v) is 0. The molecular formula is C5H6CaMgO15. The first-order valence-corrected chi connectivity index (χ1v) is 3.18. The van der Waals surface area contributed by atoms with Gasteiger partial charge in [-0.15, -0.1) is 0 Å². The van der Waals surface area contributed by atoms with Gasteiger partial charge in [0.2, 0.25) is 24.6 Å². The van der Waals surface area contributed by atoms with E-state index in [9.17, 15) is 0 Å². The molecule has 0 spiro atoms. The van der Waals surface area contributed by atoms with Gasteiger partial charge in [0.05, 0.1) is 0 Å². The molecule has 17 heteroatoms. The average Bonchev–Trinajstić information content (AvgIpc) is 1.94. The van der Waals surface area contributed by atoms with E-state index in [1.807, 2.05) is 0 Å². The first-order valence-electron chi connectivity index (χ1n) is 3.18. The molecule has 0 bridgehead atoms. The Hall–Kier alpha value is -1.62. The Morgan fingerprint density at radius 3 is 0.500 bits per heavy atom. The van der Waals surface area contributed by atoms with Crippen LogP contribution in [0.25, 0.3) is 0 Å². The topological polar surface area (TPSA) is 299 Å². The average molecular weight is 370 g/mol. The molecule has 0 aromatic heterocycles. The predicted molar refractivity (Wildman–Crippen MR) is 54.3 cm³/mol. The van der Waals surface area contributed by atoms with E-state index in [4.69, 9.17) is 75.0 Å². The van der Waals surface area contributed by atoms with E-state index in [2.05, 4.69) is 0 Å². The van der Waals surface area contributed by atoms with Crippen LogP contribution in [0.5, 0.6) is 0 Å². The van der Waals surface area contributed by atoms with Crippen molar-refractivity contribution in [2.24, 2.45) is 0 Å². The summed E-state index contributed by atoms with van der Waals surface area (Å²) in [6, 6.07) is 0. The smallest absolute Gasteiger partial charge is 0.565 e. The predicted octanol–water partition coefficient (Wildman–Crippen LogP) is -4.99. The Morgan fingerprint density at radius 1 is 0.500 bits per heavy atom. The largest absolute Gasteiger partial charge is 2.00 e. The summed E-state index contributed by atoms with van der Waals surface area (Å²) in [5.74, 6) is 0. The number of carbonyl (C=O) groups is 5. The zero-order valence-electron chi connectivity index (χ0n) is 10.3. The number of carboxylic acid groups (broad SMARTS) is 10. The number of hydrogen-bond acceptors (Lipinski definition) is 9. The van der Waals surface area contributed by atoms with Gasteiger partial charge in [0.1, 0.15) is 0 Å². The van der Waals surface area contributed by atoms with Crippen molar-refractivity contribution in [2.45, 2.75) is 0 Å². The molecule has 0 saturated carbocycles. The van der Waals surface area contributed by atoms with Crippen LogP contribution in [0.2, 0.25) is 0 Å². The molecule has 0 aliphatic rings. The van der Waals surface area contributed by atoms with Crippen molar-refractivity contribution in [3.8, 4) is 0 Å². The summed E-state index contributed by atoms with van der Waals surface area (Å²) in [6.45, 7) is 0. The van der Waals surface area contributed by atoms with Crippen LogP contribution >= 0.6 is 0 Å². The monoisotopic (exact) mass is 370 g/mol. The van der Waals surface area contributed by atoms with Crippen LogP contribution in [0.1, 0.15) is 0 Å². The third-order valence-electron chi connectivity index (χ3n) is 0. The normalized spacial score (nSPS) is 5.45. The Balaban J connectivity index is -0.0000000250. The molecule has 0 saturated heterocycles. The minimum atomic E-state index is -2.08. The second kappa shape index (κ2) is 36.6. The second-order valence-corrected chi connectivity index (χ2v) is 1.35. The van der Waals surface area contributed by atoms with Crippen molar-refractivity contribution in [1.82, 2.24) is 0 Å². The van der Waals surface area contributed by atoms with Crippen LogP contribution in [-0.4, -0.2) is 122 Å². The zero-order valence-corrected chi connectivity index (χ0v) is 13.9. The van der Waals surface area contributed by atoms with Crippen LogP contribution in [0.4, 0.5) is 24.0 Å². The molecule has 0 fully saturated rings. The van der Waals surface area contributed by atoms with Crippen molar-refractivity contribution in [3.63, 3.8) is 0 Å². The van der Waals surface area contributed by atoms with Gasteiger partial charge < -0.3 is 70.2 Å². The van der Waals surface area contributed by atoms with Gasteiger partial charge in [0, 0.05) is 0 Å². The summed E-state index contributed by atoms with van der Waals surface area (Å²) < 4.78 is 0. The molecule has 0 radical (unpaired) electrons. The van der Waals surface area contributed by atoms with Gasteiger partial charge in [0.25, 0.3) is 0 Å². The van der Waals surface area contributed by atoms with Crippen LogP contribution in [0, 0.1) is 0 Å². The molecule has 6 N–H and O–H groups in total. The second-order valence-electron chi connectivity index (χ2n) is 1.35. The maximum atomic E-state index is 8.56. The first kappa shape index (κ1) is 42.8. The van der Waals surface area contributed by atoms with Crippen molar-refractivity contribution in [3.05, 3.63) is 0 Å². The van der Waals surface area contributed by atoms with Gasteiger partial charge in [0.15, 0.2) is 0 Å². The summed E-state index contributed by atoms with van der Waals surface area (Å²) in [6.07, 6.45) is -10.2. The maximum absolute atomic E-state index is 8.56. The zero-order chi connectivity index (χ0) is 17.9. The van der Waals surface area contributed by atoms with Crippen molar-refractivity contribution < 1.29 is 75.0 Å². The third kappa shape index (κ3) is 2100. The molecule has 0 unspecified atom stereocenters. The Bertz CT molecular complexity index is 213. The van der Waals surface area contributed by atoms with Gasteiger partial charge in [-0.05, 0) is 0 Å². The molecule has 0 aromatic rings. The Labute approximate surface area is 165 Å². The molecule has 0 aromatic carbocycles. The minimum absolute atomic E-state index is 0. The molecule has 0 aliphatic heterocycles. The van der Waals surface area contributed by atoms with Crippen molar-refractivity contribution >= 4 is 91.6 Å². The van der Waals surface area contributed by atoms with E-state index in [-0.39, 0.29) is 60.8 Å². The summed E-state index contributed by atoms with van der Waals surface area (Å²) >= 11 is 0. The van der Waals surface area contributed by atoms with E-state index < -0.39 is 30.8 Å². The van der Waals surface area contributed by atoms with Crippen LogP contribution in [-0.2, 0) is 0 Å². The van der Waals surface area contributed by atoms with Crippen molar-refractivity contribution in [1.29, 1.82) is 0 Å². The molecule has 22 heavy (non-hydrogen) atoms. The molecular weight excluding hydrogens is 364 g/mol. The van der Waals surface area contributed by atoms with Gasteiger partial charge >= 0.3 is 66.9 Å². The Morgan fingerprint density at radius 2 is 0.500 bits per heavy atom. The molecule has 0 aliphatic carbocycles. The maximum Gasteiger partial charge on any atom is 2.00 e. The fraction of sp³-hybridized carbons (Fsp3) is 0. The van der Waals surface area contributed by atoms with E-state index in [1.165, 1.54) is 0 Å². The molecule has 0 amide bonds. The minimum Gasteiger partial charge on any atom is -0.565 e. The van der Waals surface area contributed by atoms with Crippen LogP contribution < -0.4 is 20.4 Å². The molecule has 0 heterocycles. The molecule has 120 valence electrons. The molecule has 0 rings (SSSR count). The van der Waals surface area contributed by atoms with Gasteiger partial charge in [-0.2, -0.15) is 0 Å². The summed E-state index contributed by atoms with van der Waals surface area (Å²) in [5.41, 5.74) is 0. The number of hydrogen-bond donors (Lipinski definition) is 6. The Kier molecular flexibility index (Phi) is 71.1. The fourth-order valence-electron chi connectivity index (χ4n) is 0. The summed E-state index contributed by atoms with van der Waals surface area (Å²) in [7, 11) is 0. The standard InChI is InChI=1S/5CH2O3.Ca.Mg/c5*2-1(3)4;;/h5*(H2,2,3,4);;/q;;;;;2*+2/p-4. The number of rotatable bonds is 0. The summed E-state index contributed by atoms with van der Waals surface area (Å²) in [4.78, 5) is 42.3. The van der Waals surface area contributed by atoms with Crippen LogP contribution in [0.15, 0.2) is 0 Å². The van der Waals surface area contributed by atoms with E-state index in [1.54, 1.807) is 0 Å². The first-order chi connectivity index (χ1) is 8.66. The van der Waals surface area contributed by atoms with Crippen LogP contribution in [0.3, 0.4) is 0 Å². The van der Waals surface area contributed by atoms with E-state index in [0.29, 0.717) is 0 Å². The van der Waals surface area contributed by atoms with E-state index in [0.717, 1.165) is 0 Å². The van der Waals surface area contributed by atoms with Gasteiger partial charge in [-0.3, -0.25) is 0 Å². The third-order valence-corrected chi connectivity index (χ3v) is 0. The SMILES string of the molecule is O=C(O)O.O=C([O-])O.O=C([O-])O.O=C([O-])O.O=C([O-])O.[Ca+2].[Mg+2]. The van der Waals surface area contributed by atoms with Gasteiger partial charge in [-0.1, -0.05) is 0 Å². The van der Waals surface area contributed by atoms with E-state index >= 15 is 0 Å². The van der Waals surface area contributed by atoms with Crippen molar-refractivity contribution in [2.75, 3.05) is 0 Å². The molecule has 15 nitrogen and oxygen atoms in total. The summed E-state index contributed by atoms with van der Waals surface area (Å²) in [5, 5.41) is 75.2. The van der Waals surface area contributed by atoms with Gasteiger partial charge in [-0.25, -0.2) is 4.79 Å². The quantitative estimate of drug-likeness (QED) is 0.217.